The van der Waals surface area contributed by atoms with Gasteiger partial charge in [0.05, 0.1) is 37.7 Å². The van der Waals surface area contributed by atoms with Crippen molar-refractivity contribution in [2.75, 3.05) is 76.3 Å². The Morgan fingerprint density at radius 3 is 2.51 bits per heavy atom. The summed E-state index contributed by atoms with van der Waals surface area (Å²) >= 11 is 0. The molecule has 11 nitrogen and oxygen atoms in total. The number of rotatable bonds is 11. The maximum absolute atomic E-state index is 13.8. The molecular weight excluding hydrogens is 640 g/mol. The Balaban J connectivity index is 1.09. The molecule has 0 aliphatic carbocycles. The second kappa shape index (κ2) is 16.3. The maximum atomic E-state index is 13.8. The number of carbonyl (C=O) groups excluding carboxylic acids is 2. The van der Waals surface area contributed by atoms with Gasteiger partial charge in [0, 0.05) is 74.9 Å². The van der Waals surface area contributed by atoms with Gasteiger partial charge in [-0.25, -0.2) is 0 Å². The van der Waals surface area contributed by atoms with E-state index in [1.807, 2.05) is 41.5 Å². The first-order chi connectivity index (χ1) is 25.0. The van der Waals surface area contributed by atoms with Crippen molar-refractivity contribution in [2.45, 2.75) is 31.8 Å². The summed E-state index contributed by atoms with van der Waals surface area (Å²) in [5.74, 6) is -0.401. The SMILES string of the molecule is CN(CCN1CCOCC1)C(=O)c1cccc(C(=O)Nc2ccc(N3CCCCC3)cc2-c2cc(C3CN(Cc4ccccc4)N=N3)ccn2)c1. The van der Waals surface area contributed by atoms with E-state index in [1.165, 1.54) is 12.0 Å². The average Bonchev–Trinajstić information content (AvgIpc) is 3.66. The van der Waals surface area contributed by atoms with E-state index in [0.717, 1.165) is 81.3 Å². The van der Waals surface area contributed by atoms with Gasteiger partial charge in [-0.3, -0.25) is 24.5 Å². The molecule has 11 heteroatoms. The van der Waals surface area contributed by atoms with Gasteiger partial charge in [0.1, 0.15) is 6.04 Å². The van der Waals surface area contributed by atoms with Crippen LogP contribution in [-0.2, 0) is 11.3 Å². The van der Waals surface area contributed by atoms with Crippen LogP contribution in [0.1, 0.15) is 57.1 Å². The molecule has 3 aliphatic heterocycles. The quantitative estimate of drug-likeness (QED) is 0.197. The fourth-order valence-electron chi connectivity index (χ4n) is 6.90. The zero-order valence-corrected chi connectivity index (χ0v) is 29.3. The van der Waals surface area contributed by atoms with E-state index in [2.05, 4.69) is 55.8 Å². The molecule has 3 aromatic carbocycles. The monoisotopic (exact) mass is 686 g/mol. The molecule has 3 aliphatic rings. The van der Waals surface area contributed by atoms with Crippen LogP contribution in [0.25, 0.3) is 11.3 Å². The highest BCUT2D eigenvalue weighted by atomic mass is 16.5. The lowest BCUT2D eigenvalue weighted by atomic mass is 10.0. The van der Waals surface area contributed by atoms with Crippen LogP contribution >= 0.6 is 0 Å². The van der Waals surface area contributed by atoms with Crippen molar-refractivity contribution >= 4 is 23.2 Å². The molecule has 1 aromatic heterocycles. The van der Waals surface area contributed by atoms with Gasteiger partial charge in [0.15, 0.2) is 0 Å². The van der Waals surface area contributed by atoms with Gasteiger partial charge >= 0.3 is 0 Å². The lowest BCUT2D eigenvalue weighted by Gasteiger charge is -2.29. The first-order valence-electron chi connectivity index (χ1n) is 18.0. The predicted molar refractivity (Wildman–Crippen MR) is 199 cm³/mol. The average molecular weight is 687 g/mol. The van der Waals surface area contributed by atoms with Crippen LogP contribution in [-0.4, -0.2) is 97.7 Å². The Bertz CT molecular complexity index is 1840. The zero-order chi connectivity index (χ0) is 35.0. The zero-order valence-electron chi connectivity index (χ0n) is 29.3. The molecule has 4 heterocycles. The minimum Gasteiger partial charge on any atom is -0.379 e. The third kappa shape index (κ3) is 8.61. The molecule has 0 radical (unpaired) electrons. The lowest BCUT2D eigenvalue weighted by molar-refractivity contribution is 0.0338. The minimum absolute atomic E-state index is 0.114. The van der Waals surface area contributed by atoms with Gasteiger partial charge in [-0.05, 0) is 78.9 Å². The fraction of sp³-hybridized carbons (Fsp3) is 0.375. The summed E-state index contributed by atoms with van der Waals surface area (Å²) in [5, 5.41) is 14.2. The molecule has 1 atom stereocenters. The van der Waals surface area contributed by atoms with Crippen LogP contribution < -0.4 is 10.2 Å². The number of piperidine rings is 1. The summed E-state index contributed by atoms with van der Waals surface area (Å²) in [6, 6.07) is 27.3. The number of pyridine rings is 1. The van der Waals surface area contributed by atoms with Crippen LogP contribution in [0.5, 0.6) is 0 Å². The van der Waals surface area contributed by atoms with Crippen molar-refractivity contribution < 1.29 is 14.3 Å². The topological polar surface area (TPSA) is 106 Å². The summed E-state index contributed by atoms with van der Waals surface area (Å²) in [6.45, 7) is 7.94. The van der Waals surface area contributed by atoms with Gasteiger partial charge in [-0.1, -0.05) is 41.6 Å². The molecule has 0 saturated carbocycles. The lowest BCUT2D eigenvalue weighted by Crippen LogP contribution is -2.41. The van der Waals surface area contributed by atoms with Crippen molar-refractivity contribution in [1.29, 1.82) is 0 Å². The summed E-state index contributed by atoms with van der Waals surface area (Å²) in [5.41, 5.74) is 6.45. The summed E-state index contributed by atoms with van der Waals surface area (Å²) in [6.07, 6.45) is 5.36. The fourth-order valence-corrected chi connectivity index (χ4v) is 6.90. The Morgan fingerprint density at radius 1 is 0.882 bits per heavy atom. The molecule has 7 rings (SSSR count). The second-order valence-corrected chi connectivity index (χ2v) is 13.5. The molecule has 1 N–H and O–H groups in total. The first-order valence-corrected chi connectivity index (χ1v) is 18.0. The number of aromatic nitrogens is 1. The van der Waals surface area contributed by atoms with Crippen molar-refractivity contribution in [3.8, 4) is 11.3 Å². The Hall–Kier alpha value is -5.13. The highest BCUT2D eigenvalue weighted by molar-refractivity contribution is 6.08. The van der Waals surface area contributed by atoms with E-state index in [0.29, 0.717) is 36.4 Å². The summed E-state index contributed by atoms with van der Waals surface area (Å²) < 4.78 is 5.44. The molecule has 2 amide bonds. The molecule has 51 heavy (non-hydrogen) atoms. The molecule has 0 bridgehead atoms. The number of nitrogens with zero attached hydrogens (tertiary/aromatic N) is 7. The smallest absolute Gasteiger partial charge is 0.255 e. The van der Waals surface area contributed by atoms with Crippen molar-refractivity contribution in [2.24, 2.45) is 10.3 Å². The standard InChI is InChI=1S/C40H46N8O3/c1-45(19-20-46-21-23-51-24-22-46)40(50)33-12-8-11-32(25-33)39(49)42-36-14-13-34(47-17-6-3-7-18-47)27-35(36)37-26-31(15-16-41-37)38-29-48(44-43-38)28-30-9-4-2-5-10-30/h2,4-5,8-16,25-27,38H,3,6-7,17-24,28-29H2,1H3,(H,42,49). The highest BCUT2D eigenvalue weighted by Crippen LogP contribution is 2.35. The Kier molecular flexibility index (Phi) is 10.9. The summed E-state index contributed by atoms with van der Waals surface area (Å²) in [7, 11) is 1.81. The number of likely N-dealkylation sites (N-methyl/N-ethyl adjacent to an activating group) is 1. The van der Waals surface area contributed by atoms with Gasteiger partial charge in [0.25, 0.3) is 11.8 Å². The van der Waals surface area contributed by atoms with Gasteiger partial charge in [-0.15, -0.1) is 0 Å². The number of morpholine rings is 1. The van der Waals surface area contributed by atoms with E-state index < -0.39 is 0 Å². The second-order valence-electron chi connectivity index (χ2n) is 13.5. The highest BCUT2D eigenvalue weighted by Gasteiger charge is 2.24. The molecule has 2 fully saturated rings. The normalized spacial score (nSPS) is 17.8. The Morgan fingerprint density at radius 2 is 1.69 bits per heavy atom. The van der Waals surface area contributed by atoms with E-state index in [1.54, 1.807) is 36.2 Å². The van der Waals surface area contributed by atoms with E-state index >= 15 is 0 Å². The third-order valence-corrected chi connectivity index (χ3v) is 9.90. The predicted octanol–water partition coefficient (Wildman–Crippen LogP) is 6.32. The van der Waals surface area contributed by atoms with Crippen LogP contribution in [0.3, 0.4) is 0 Å². The number of anilines is 2. The van der Waals surface area contributed by atoms with Crippen molar-refractivity contribution in [3.05, 3.63) is 113 Å². The first kappa shape index (κ1) is 34.3. The summed E-state index contributed by atoms with van der Waals surface area (Å²) in [4.78, 5) is 38.4. The molecule has 264 valence electrons. The van der Waals surface area contributed by atoms with E-state index in [-0.39, 0.29) is 17.9 Å². The maximum Gasteiger partial charge on any atom is 0.255 e. The minimum atomic E-state index is -0.287. The number of amides is 2. The number of ether oxygens (including phenoxy) is 1. The number of hydrogen-bond donors (Lipinski definition) is 1. The van der Waals surface area contributed by atoms with Gasteiger partial charge in [-0.2, -0.15) is 5.11 Å². The van der Waals surface area contributed by atoms with Gasteiger partial charge in [0.2, 0.25) is 0 Å². The van der Waals surface area contributed by atoms with Crippen molar-refractivity contribution in [3.63, 3.8) is 0 Å². The van der Waals surface area contributed by atoms with Crippen LogP contribution in [0.2, 0.25) is 0 Å². The Labute approximate surface area is 299 Å². The van der Waals surface area contributed by atoms with E-state index in [4.69, 9.17) is 9.72 Å². The number of hydrogen-bond acceptors (Lipinski definition) is 9. The molecular formula is C40H46N8O3. The molecule has 1 unspecified atom stereocenters. The molecule has 2 saturated heterocycles. The van der Waals surface area contributed by atoms with Crippen LogP contribution in [0, 0.1) is 0 Å². The number of nitrogens with one attached hydrogen (secondary N) is 1. The number of carbonyl (C=O) groups is 2. The van der Waals surface area contributed by atoms with Gasteiger partial charge < -0.3 is 19.9 Å². The largest absolute Gasteiger partial charge is 0.379 e. The van der Waals surface area contributed by atoms with Crippen LogP contribution in [0.15, 0.2) is 101 Å². The molecule has 0 spiro atoms. The molecule has 4 aromatic rings. The third-order valence-electron chi connectivity index (χ3n) is 9.90. The van der Waals surface area contributed by atoms with Crippen molar-refractivity contribution in [1.82, 2.24) is 19.8 Å². The van der Waals surface area contributed by atoms with Crippen LogP contribution in [0.4, 0.5) is 11.4 Å². The number of benzene rings is 3. The van der Waals surface area contributed by atoms with E-state index in [9.17, 15) is 9.59 Å².